The minimum Gasteiger partial charge on any atom is -0.484 e. The summed E-state index contributed by atoms with van der Waals surface area (Å²) in [7, 11) is 0. The maximum atomic E-state index is 12.4. The SMILES string of the molecule is Cc1ccc(OCC(=O)N2CCC(CNC(=O)c3cccnc3)CC2)cc1C. The predicted octanol–water partition coefficient (Wildman–Crippen LogP) is 2.75. The monoisotopic (exact) mass is 381 g/mol. The van der Waals surface area contributed by atoms with Gasteiger partial charge in [0.15, 0.2) is 6.61 Å². The summed E-state index contributed by atoms with van der Waals surface area (Å²) in [5, 5.41) is 2.96. The Morgan fingerprint density at radius 1 is 1.18 bits per heavy atom. The van der Waals surface area contributed by atoms with Crippen molar-refractivity contribution < 1.29 is 14.3 Å². The molecule has 0 aliphatic carbocycles. The first-order valence-electron chi connectivity index (χ1n) is 9.69. The lowest BCUT2D eigenvalue weighted by atomic mass is 9.96. The molecular formula is C22H27N3O3. The number of carbonyl (C=O) groups excluding carboxylic acids is 2. The molecule has 148 valence electrons. The standard InChI is InChI=1S/C22H27N3O3/c1-16-5-6-20(12-17(16)2)28-15-21(26)25-10-7-18(8-11-25)13-24-22(27)19-4-3-9-23-14-19/h3-6,9,12,14,18H,7-8,10-11,13,15H2,1-2H3,(H,24,27). The molecule has 6 heteroatoms. The lowest BCUT2D eigenvalue weighted by Gasteiger charge is -2.32. The van der Waals surface area contributed by atoms with E-state index in [1.165, 1.54) is 5.56 Å². The molecule has 3 rings (SSSR count). The molecule has 0 spiro atoms. The van der Waals surface area contributed by atoms with Gasteiger partial charge in [0.25, 0.3) is 11.8 Å². The molecule has 1 N–H and O–H groups in total. The van der Waals surface area contributed by atoms with Gasteiger partial charge in [-0.3, -0.25) is 14.6 Å². The van der Waals surface area contributed by atoms with E-state index in [1.807, 2.05) is 36.9 Å². The number of nitrogens with zero attached hydrogens (tertiary/aromatic N) is 2. The highest BCUT2D eigenvalue weighted by Gasteiger charge is 2.23. The van der Waals surface area contributed by atoms with E-state index in [1.54, 1.807) is 24.5 Å². The van der Waals surface area contributed by atoms with Crippen LogP contribution in [0.3, 0.4) is 0 Å². The van der Waals surface area contributed by atoms with Crippen molar-refractivity contribution in [2.75, 3.05) is 26.2 Å². The highest BCUT2D eigenvalue weighted by Crippen LogP contribution is 2.19. The van der Waals surface area contributed by atoms with E-state index >= 15 is 0 Å². The van der Waals surface area contributed by atoms with Gasteiger partial charge in [0, 0.05) is 32.0 Å². The first kappa shape index (κ1) is 19.9. The zero-order chi connectivity index (χ0) is 19.9. The lowest BCUT2D eigenvalue weighted by Crippen LogP contribution is -2.43. The van der Waals surface area contributed by atoms with Crippen LogP contribution in [0.15, 0.2) is 42.7 Å². The van der Waals surface area contributed by atoms with Gasteiger partial charge in [-0.05, 0) is 68.0 Å². The van der Waals surface area contributed by atoms with Gasteiger partial charge < -0.3 is 15.0 Å². The summed E-state index contributed by atoms with van der Waals surface area (Å²) in [6, 6.07) is 9.35. The summed E-state index contributed by atoms with van der Waals surface area (Å²) < 4.78 is 5.66. The molecule has 2 heterocycles. The molecule has 1 aliphatic heterocycles. The molecule has 1 aliphatic rings. The number of rotatable bonds is 6. The zero-order valence-corrected chi connectivity index (χ0v) is 16.5. The molecular weight excluding hydrogens is 354 g/mol. The number of aryl methyl sites for hydroxylation is 2. The van der Waals surface area contributed by atoms with E-state index in [9.17, 15) is 9.59 Å². The van der Waals surface area contributed by atoms with Crippen molar-refractivity contribution in [1.29, 1.82) is 0 Å². The number of likely N-dealkylation sites (tertiary alicyclic amines) is 1. The molecule has 0 atom stereocenters. The van der Waals surface area contributed by atoms with E-state index < -0.39 is 0 Å². The quantitative estimate of drug-likeness (QED) is 0.835. The predicted molar refractivity (Wildman–Crippen MR) is 107 cm³/mol. The summed E-state index contributed by atoms with van der Waals surface area (Å²) >= 11 is 0. The fourth-order valence-electron chi connectivity index (χ4n) is 3.26. The molecule has 2 aromatic rings. The first-order valence-corrected chi connectivity index (χ1v) is 9.69. The largest absolute Gasteiger partial charge is 0.484 e. The van der Waals surface area contributed by atoms with Crippen LogP contribution in [0.25, 0.3) is 0 Å². The molecule has 0 unspecified atom stereocenters. The Kier molecular flexibility index (Phi) is 6.63. The first-order chi connectivity index (χ1) is 13.5. The Hall–Kier alpha value is -2.89. The van der Waals surface area contributed by atoms with E-state index in [0.717, 1.165) is 24.2 Å². The molecule has 1 saturated heterocycles. The normalized spacial score (nSPS) is 14.6. The highest BCUT2D eigenvalue weighted by molar-refractivity contribution is 5.93. The Morgan fingerprint density at radius 2 is 1.96 bits per heavy atom. The van der Waals surface area contributed by atoms with Gasteiger partial charge in [-0.1, -0.05) is 6.07 Å². The number of carbonyl (C=O) groups is 2. The second kappa shape index (κ2) is 9.35. The number of piperidine rings is 1. The maximum absolute atomic E-state index is 12.4. The van der Waals surface area contributed by atoms with Crippen LogP contribution in [-0.4, -0.2) is 47.9 Å². The van der Waals surface area contributed by atoms with Crippen LogP contribution in [0.2, 0.25) is 0 Å². The number of hydrogen-bond donors (Lipinski definition) is 1. The van der Waals surface area contributed by atoms with Crippen LogP contribution in [-0.2, 0) is 4.79 Å². The minimum absolute atomic E-state index is 0.0103. The van der Waals surface area contributed by atoms with Crippen LogP contribution in [0.4, 0.5) is 0 Å². The number of aromatic nitrogens is 1. The molecule has 1 aromatic heterocycles. The molecule has 1 fully saturated rings. The summed E-state index contributed by atoms with van der Waals surface area (Å²) in [6.07, 6.45) is 4.96. The van der Waals surface area contributed by atoms with Crippen LogP contribution < -0.4 is 10.1 Å². The second-order valence-corrected chi connectivity index (χ2v) is 7.31. The van der Waals surface area contributed by atoms with Crippen molar-refractivity contribution in [2.45, 2.75) is 26.7 Å². The second-order valence-electron chi connectivity index (χ2n) is 7.31. The minimum atomic E-state index is -0.103. The fourth-order valence-corrected chi connectivity index (χ4v) is 3.26. The molecule has 0 saturated carbocycles. The van der Waals surface area contributed by atoms with Crippen molar-refractivity contribution in [3.63, 3.8) is 0 Å². The summed E-state index contributed by atoms with van der Waals surface area (Å²) in [5.74, 6) is 1.01. The highest BCUT2D eigenvalue weighted by atomic mass is 16.5. The number of ether oxygens (including phenoxy) is 1. The summed E-state index contributed by atoms with van der Waals surface area (Å²) in [4.78, 5) is 30.3. The van der Waals surface area contributed by atoms with Crippen LogP contribution in [0.5, 0.6) is 5.75 Å². The van der Waals surface area contributed by atoms with Crippen LogP contribution >= 0.6 is 0 Å². The van der Waals surface area contributed by atoms with E-state index in [0.29, 0.717) is 31.1 Å². The molecule has 1 aromatic carbocycles. The number of hydrogen-bond acceptors (Lipinski definition) is 4. The fraction of sp³-hybridized carbons (Fsp3) is 0.409. The zero-order valence-electron chi connectivity index (χ0n) is 16.5. The van der Waals surface area contributed by atoms with Gasteiger partial charge in [-0.15, -0.1) is 0 Å². The van der Waals surface area contributed by atoms with Gasteiger partial charge in [0.2, 0.25) is 0 Å². The molecule has 0 radical (unpaired) electrons. The van der Waals surface area contributed by atoms with Gasteiger partial charge in [-0.25, -0.2) is 0 Å². The van der Waals surface area contributed by atoms with E-state index in [2.05, 4.69) is 10.3 Å². The van der Waals surface area contributed by atoms with Crippen molar-refractivity contribution in [1.82, 2.24) is 15.2 Å². The third-order valence-corrected chi connectivity index (χ3v) is 5.28. The Morgan fingerprint density at radius 3 is 2.64 bits per heavy atom. The molecule has 2 amide bonds. The molecule has 6 nitrogen and oxygen atoms in total. The topological polar surface area (TPSA) is 71.5 Å². The summed E-state index contributed by atoms with van der Waals surface area (Å²) in [6.45, 7) is 6.15. The Labute approximate surface area is 165 Å². The van der Waals surface area contributed by atoms with Gasteiger partial charge in [-0.2, -0.15) is 0 Å². The average Bonchev–Trinajstić information content (AvgIpc) is 2.73. The van der Waals surface area contributed by atoms with Gasteiger partial charge >= 0.3 is 0 Å². The van der Waals surface area contributed by atoms with Gasteiger partial charge in [0.1, 0.15) is 5.75 Å². The third-order valence-electron chi connectivity index (χ3n) is 5.28. The van der Waals surface area contributed by atoms with Crippen LogP contribution in [0, 0.1) is 19.8 Å². The smallest absolute Gasteiger partial charge is 0.260 e. The summed E-state index contributed by atoms with van der Waals surface area (Å²) in [5.41, 5.74) is 2.93. The number of benzene rings is 1. The molecule has 0 bridgehead atoms. The lowest BCUT2D eigenvalue weighted by molar-refractivity contribution is -0.134. The number of pyridine rings is 1. The Bertz CT molecular complexity index is 815. The average molecular weight is 381 g/mol. The van der Waals surface area contributed by atoms with Crippen LogP contribution in [0.1, 0.15) is 34.3 Å². The molecule has 28 heavy (non-hydrogen) atoms. The van der Waals surface area contributed by atoms with Crippen molar-refractivity contribution in [2.24, 2.45) is 5.92 Å². The van der Waals surface area contributed by atoms with Crippen molar-refractivity contribution in [3.8, 4) is 5.75 Å². The Balaban J connectivity index is 1.39. The maximum Gasteiger partial charge on any atom is 0.260 e. The van der Waals surface area contributed by atoms with Gasteiger partial charge in [0.05, 0.1) is 5.56 Å². The van der Waals surface area contributed by atoms with E-state index in [4.69, 9.17) is 4.74 Å². The number of amides is 2. The van der Waals surface area contributed by atoms with E-state index in [-0.39, 0.29) is 18.4 Å². The third kappa shape index (κ3) is 5.31. The van der Waals surface area contributed by atoms with Crippen molar-refractivity contribution in [3.05, 3.63) is 59.4 Å². The number of nitrogens with one attached hydrogen (secondary N) is 1. The van der Waals surface area contributed by atoms with Crippen molar-refractivity contribution >= 4 is 11.8 Å².